The van der Waals surface area contributed by atoms with Crippen LogP contribution in [0.2, 0.25) is 0 Å². The summed E-state index contributed by atoms with van der Waals surface area (Å²) in [4.78, 5) is 53.5. The predicted molar refractivity (Wildman–Crippen MR) is 172 cm³/mol. The Morgan fingerprint density at radius 3 is 2.60 bits per heavy atom. The summed E-state index contributed by atoms with van der Waals surface area (Å²) in [7, 11) is 4.67. The molecule has 0 fully saturated rings. The van der Waals surface area contributed by atoms with Gasteiger partial charge >= 0.3 is 0 Å². The molecule has 3 aromatic carbocycles. The second-order valence-corrected chi connectivity index (χ2v) is 10.8. The van der Waals surface area contributed by atoms with Crippen LogP contribution in [0.15, 0.2) is 67.0 Å². The average molecular weight is 637 g/mol. The Bertz CT molecular complexity index is 1950. The van der Waals surface area contributed by atoms with Crippen molar-refractivity contribution in [2.45, 2.75) is 25.3 Å². The molecule has 14 nitrogen and oxygen atoms in total. The number of H-pyrrole nitrogens is 1. The van der Waals surface area contributed by atoms with Crippen molar-refractivity contribution in [1.29, 1.82) is 0 Å². The van der Waals surface area contributed by atoms with Gasteiger partial charge in [-0.3, -0.25) is 19.5 Å². The molecule has 3 N–H and O–H groups in total. The van der Waals surface area contributed by atoms with E-state index < -0.39 is 11.9 Å². The number of rotatable bonds is 10. The van der Waals surface area contributed by atoms with Gasteiger partial charge < -0.3 is 29.7 Å². The molecule has 240 valence electrons. The molecule has 0 saturated heterocycles. The third-order valence-electron chi connectivity index (χ3n) is 7.71. The standard InChI is InChI=1S/C33H32N8O6/c1-41-24-13-20(10-12-29(42)38-30-21-15-26(45-2)27(46-3)16-22(21)34-18-35-30)9-11-25(24)47-17-23(33(41)44)36-32(43)31-37-28(39-40-31)14-19-7-5-4-6-8-19/h4-9,11,13,15-16,18,23H,10,12,14,17H2,1-3H3,(H,36,43)(H,37,39,40)(H,34,35,38,42). The topological polar surface area (TPSA) is 174 Å². The van der Waals surface area contributed by atoms with Crippen molar-refractivity contribution >= 4 is 40.1 Å². The lowest BCUT2D eigenvalue weighted by Gasteiger charge is -2.20. The Balaban J connectivity index is 1.08. The highest BCUT2D eigenvalue weighted by molar-refractivity contribution is 6.03. The van der Waals surface area contributed by atoms with Gasteiger partial charge in [0.1, 0.15) is 36.4 Å². The average Bonchev–Trinajstić information content (AvgIpc) is 3.53. The van der Waals surface area contributed by atoms with Crippen molar-refractivity contribution in [1.82, 2.24) is 30.5 Å². The van der Waals surface area contributed by atoms with Gasteiger partial charge in [-0.25, -0.2) is 15.0 Å². The Morgan fingerprint density at radius 2 is 1.81 bits per heavy atom. The number of carbonyl (C=O) groups is 3. The van der Waals surface area contributed by atoms with Crippen LogP contribution in [0.3, 0.4) is 0 Å². The lowest BCUT2D eigenvalue weighted by atomic mass is 10.1. The first kappa shape index (κ1) is 31.0. The number of amides is 3. The monoisotopic (exact) mass is 636 g/mol. The van der Waals surface area contributed by atoms with Crippen LogP contribution in [0.5, 0.6) is 17.2 Å². The minimum Gasteiger partial charge on any atom is -0.493 e. The summed E-state index contributed by atoms with van der Waals surface area (Å²) in [6, 6.07) is 17.5. The van der Waals surface area contributed by atoms with Gasteiger partial charge in [0.05, 0.1) is 25.4 Å². The van der Waals surface area contributed by atoms with Crippen LogP contribution in [0, 0.1) is 0 Å². The second-order valence-electron chi connectivity index (χ2n) is 10.8. The first-order valence-corrected chi connectivity index (χ1v) is 14.8. The molecule has 3 amide bonds. The van der Waals surface area contributed by atoms with Crippen LogP contribution < -0.4 is 29.7 Å². The summed E-state index contributed by atoms with van der Waals surface area (Å²) in [5.74, 6) is 1.09. The highest BCUT2D eigenvalue weighted by Crippen LogP contribution is 2.34. The number of fused-ring (bicyclic) bond motifs is 2. The summed E-state index contributed by atoms with van der Waals surface area (Å²) >= 11 is 0. The minimum absolute atomic E-state index is 0.0671. The highest BCUT2D eigenvalue weighted by Gasteiger charge is 2.32. The van der Waals surface area contributed by atoms with E-state index in [1.165, 1.54) is 25.4 Å². The zero-order valence-electron chi connectivity index (χ0n) is 25.9. The quantitative estimate of drug-likeness (QED) is 0.207. The predicted octanol–water partition coefficient (Wildman–Crippen LogP) is 3.08. The fourth-order valence-electron chi connectivity index (χ4n) is 5.23. The number of ether oxygens (including phenoxy) is 3. The molecule has 0 spiro atoms. The Hall–Kier alpha value is -6.05. The maximum atomic E-state index is 13.4. The van der Waals surface area contributed by atoms with Gasteiger partial charge in [0, 0.05) is 31.3 Å². The third-order valence-corrected chi connectivity index (χ3v) is 7.71. The molecule has 0 radical (unpaired) electrons. The maximum Gasteiger partial charge on any atom is 0.291 e. The number of aromatic nitrogens is 5. The molecule has 0 bridgehead atoms. The lowest BCUT2D eigenvalue weighted by molar-refractivity contribution is -0.120. The van der Waals surface area contributed by atoms with Crippen LogP contribution in [0.4, 0.5) is 11.5 Å². The molecule has 1 aliphatic heterocycles. The second kappa shape index (κ2) is 13.5. The molecule has 0 saturated carbocycles. The normalized spacial score (nSPS) is 14.1. The zero-order chi connectivity index (χ0) is 32.9. The molecular weight excluding hydrogens is 604 g/mol. The Kier molecular flexibility index (Phi) is 8.91. The van der Waals surface area contributed by atoms with Crippen LogP contribution in [-0.2, 0) is 22.4 Å². The van der Waals surface area contributed by atoms with E-state index in [9.17, 15) is 14.4 Å². The largest absolute Gasteiger partial charge is 0.493 e. The highest BCUT2D eigenvalue weighted by atomic mass is 16.5. The van der Waals surface area contributed by atoms with Crippen molar-refractivity contribution < 1.29 is 28.6 Å². The number of aromatic amines is 1. The Morgan fingerprint density at radius 1 is 1.02 bits per heavy atom. The molecule has 1 unspecified atom stereocenters. The lowest BCUT2D eigenvalue weighted by Crippen LogP contribution is -2.49. The van der Waals surface area contributed by atoms with Gasteiger partial charge in [0.25, 0.3) is 11.8 Å². The molecule has 1 aliphatic rings. The van der Waals surface area contributed by atoms with Crippen molar-refractivity contribution in [3.63, 3.8) is 0 Å². The number of nitrogens with zero attached hydrogens (tertiary/aromatic N) is 5. The van der Waals surface area contributed by atoms with Gasteiger partial charge in [0.15, 0.2) is 11.5 Å². The van der Waals surface area contributed by atoms with Gasteiger partial charge in [-0.2, -0.15) is 0 Å². The number of nitrogens with one attached hydrogen (secondary N) is 3. The SMILES string of the molecule is COc1cc2ncnc(NC(=O)CCc3ccc4c(c3)N(C)C(=O)C(NC(=O)c3n[nH]c(Cc5ccccc5)n3)CO4)c2cc1OC. The van der Waals surface area contributed by atoms with E-state index in [1.54, 1.807) is 31.3 Å². The van der Waals surface area contributed by atoms with Gasteiger partial charge in [-0.15, -0.1) is 5.10 Å². The molecule has 5 aromatic rings. The van der Waals surface area contributed by atoms with Crippen molar-refractivity contribution in [2.24, 2.45) is 0 Å². The first-order chi connectivity index (χ1) is 22.8. The molecule has 1 atom stereocenters. The molecule has 14 heteroatoms. The summed E-state index contributed by atoms with van der Waals surface area (Å²) in [5, 5.41) is 13.0. The summed E-state index contributed by atoms with van der Waals surface area (Å²) in [6.07, 6.45) is 2.39. The van der Waals surface area contributed by atoms with Gasteiger partial charge in [0.2, 0.25) is 11.7 Å². The third kappa shape index (κ3) is 6.81. The Labute approximate surface area is 269 Å². The van der Waals surface area contributed by atoms with Crippen LogP contribution in [0.1, 0.15) is 34.0 Å². The summed E-state index contributed by atoms with van der Waals surface area (Å²) in [5.41, 5.74) is 2.95. The number of benzene rings is 3. The van der Waals surface area contributed by atoms with Crippen molar-refractivity contribution in [3.8, 4) is 17.2 Å². The number of carbonyl (C=O) groups excluding carboxylic acids is 3. The molecule has 0 aliphatic carbocycles. The van der Waals surface area contributed by atoms with Crippen molar-refractivity contribution in [2.75, 3.05) is 38.1 Å². The van der Waals surface area contributed by atoms with E-state index in [1.807, 2.05) is 36.4 Å². The zero-order valence-corrected chi connectivity index (χ0v) is 25.9. The minimum atomic E-state index is -0.966. The number of anilines is 2. The molecule has 47 heavy (non-hydrogen) atoms. The fourth-order valence-corrected chi connectivity index (χ4v) is 5.23. The molecular formula is C33H32N8O6. The van der Waals surface area contributed by atoms with E-state index in [4.69, 9.17) is 14.2 Å². The summed E-state index contributed by atoms with van der Waals surface area (Å²) in [6.45, 7) is -0.0749. The summed E-state index contributed by atoms with van der Waals surface area (Å²) < 4.78 is 16.6. The van der Waals surface area contributed by atoms with E-state index in [2.05, 4.69) is 35.8 Å². The van der Waals surface area contributed by atoms with E-state index in [0.717, 1.165) is 11.1 Å². The maximum absolute atomic E-state index is 13.4. The molecule has 3 heterocycles. The van der Waals surface area contributed by atoms with Crippen molar-refractivity contribution in [3.05, 3.63) is 89.8 Å². The van der Waals surface area contributed by atoms with Gasteiger partial charge in [-0.05, 0) is 35.7 Å². The van der Waals surface area contributed by atoms with E-state index in [0.29, 0.717) is 58.3 Å². The fraction of sp³-hybridized carbons (Fsp3) is 0.242. The smallest absolute Gasteiger partial charge is 0.291 e. The number of hydrogen-bond donors (Lipinski definition) is 3. The van der Waals surface area contributed by atoms with E-state index in [-0.39, 0.29) is 30.7 Å². The van der Waals surface area contributed by atoms with Crippen LogP contribution in [-0.4, -0.2) is 76.8 Å². The van der Waals surface area contributed by atoms with Crippen LogP contribution in [0.25, 0.3) is 10.9 Å². The number of aryl methyl sites for hydroxylation is 1. The number of likely N-dealkylation sites (N-methyl/N-ethyl adjacent to an activating group) is 1. The van der Waals surface area contributed by atoms with E-state index >= 15 is 0 Å². The van der Waals surface area contributed by atoms with Crippen LogP contribution >= 0.6 is 0 Å². The van der Waals surface area contributed by atoms with Gasteiger partial charge in [-0.1, -0.05) is 36.4 Å². The molecule has 2 aromatic heterocycles. The number of methoxy groups -OCH3 is 2. The molecule has 6 rings (SSSR count). The number of hydrogen-bond acceptors (Lipinski definition) is 10. The first-order valence-electron chi connectivity index (χ1n) is 14.8.